The lowest BCUT2D eigenvalue weighted by molar-refractivity contribution is 0.362. The molecule has 0 aliphatic carbocycles. The second kappa shape index (κ2) is 4.37. The molecule has 0 fully saturated rings. The minimum absolute atomic E-state index is 0.334. The standard InChI is InChI=1S/C12H9BrF2O/c1-16-12-10(14)5-8-4-7(6-13)2-3-9(8)11(12)15/h2-5H,6H2,1H3. The number of fused-ring (bicyclic) bond motifs is 1. The van der Waals surface area contributed by atoms with Crippen LogP contribution in [0, 0.1) is 11.6 Å². The molecule has 16 heavy (non-hydrogen) atoms. The van der Waals surface area contributed by atoms with E-state index in [9.17, 15) is 8.78 Å². The van der Waals surface area contributed by atoms with E-state index in [2.05, 4.69) is 20.7 Å². The smallest absolute Gasteiger partial charge is 0.191 e. The highest BCUT2D eigenvalue weighted by Crippen LogP contribution is 2.30. The number of methoxy groups -OCH3 is 1. The van der Waals surface area contributed by atoms with Gasteiger partial charge in [0.25, 0.3) is 0 Å². The van der Waals surface area contributed by atoms with Crippen molar-refractivity contribution in [2.45, 2.75) is 5.33 Å². The van der Waals surface area contributed by atoms with Crippen molar-refractivity contribution in [2.75, 3.05) is 7.11 Å². The summed E-state index contributed by atoms with van der Waals surface area (Å²) < 4.78 is 31.9. The zero-order chi connectivity index (χ0) is 11.7. The van der Waals surface area contributed by atoms with Crippen LogP contribution in [-0.2, 0) is 5.33 Å². The Kier molecular flexibility index (Phi) is 3.10. The van der Waals surface area contributed by atoms with E-state index in [0.717, 1.165) is 5.56 Å². The maximum Gasteiger partial charge on any atom is 0.191 e. The van der Waals surface area contributed by atoms with Crippen LogP contribution < -0.4 is 4.74 Å². The van der Waals surface area contributed by atoms with Crippen LogP contribution in [-0.4, -0.2) is 7.11 Å². The van der Waals surface area contributed by atoms with Crippen molar-refractivity contribution < 1.29 is 13.5 Å². The topological polar surface area (TPSA) is 9.23 Å². The van der Waals surface area contributed by atoms with Gasteiger partial charge in [0, 0.05) is 10.7 Å². The van der Waals surface area contributed by atoms with Crippen molar-refractivity contribution in [1.29, 1.82) is 0 Å². The van der Waals surface area contributed by atoms with Crippen molar-refractivity contribution in [3.05, 3.63) is 41.5 Å². The van der Waals surface area contributed by atoms with Crippen LogP contribution in [0.4, 0.5) is 8.78 Å². The summed E-state index contributed by atoms with van der Waals surface area (Å²) in [5.74, 6) is -1.67. The second-order valence-electron chi connectivity index (χ2n) is 3.39. The zero-order valence-electron chi connectivity index (χ0n) is 8.56. The van der Waals surface area contributed by atoms with Gasteiger partial charge in [0.05, 0.1) is 7.11 Å². The largest absolute Gasteiger partial charge is 0.491 e. The molecular formula is C12H9BrF2O. The minimum Gasteiger partial charge on any atom is -0.491 e. The van der Waals surface area contributed by atoms with Gasteiger partial charge in [0.15, 0.2) is 17.4 Å². The molecular weight excluding hydrogens is 278 g/mol. The summed E-state index contributed by atoms with van der Waals surface area (Å²) in [7, 11) is 1.25. The molecule has 0 heterocycles. The molecule has 0 aromatic heterocycles. The molecule has 0 aliphatic rings. The van der Waals surface area contributed by atoms with Crippen molar-refractivity contribution in [3.8, 4) is 5.75 Å². The summed E-state index contributed by atoms with van der Waals surface area (Å²) in [6.07, 6.45) is 0. The second-order valence-corrected chi connectivity index (χ2v) is 3.96. The third-order valence-corrected chi connectivity index (χ3v) is 3.06. The molecule has 2 aromatic rings. The maximum atomic E-state index is 13.8. The Bertz CT molecular complexity index is 540. The van der Waals surface area contributed by atoms with Crippen molar-refractivity contribution in [1.82, 2.24) is 0 Å². The number of alkyl halides is 1. The van der Waals surface area contributed by atoms with Gasteiger partial charge < -0.3 is 4.74 Å². The van der Waals surface area contributed by atoms with Crippen LogP contribution in [0.3, 0.4) is 0 Å². The molecule has 0 atom stereocenters. The highest BCUT2D eigenvalue weighted by atomic mass is 79.9. The van der Waals surface area contributed by atoms with Crippen LogP contribution in [0.2, 0.25) is 0 Å². The first-order valence-electron chi connectivity index (χ1n) is 4.68. The van der Waals surface area contributed by atoms with Crippen LogP contribution in [0.5, 0.6) is 5.75 Å². The summed E-state index contributed by atoms with van der Waals surface area (Å²) in [5, 5.41) is 1.55. The SMILES string of the molecule is COc1c(F)cc2cc(CBr)ccc2c1F. The van der Waals surface area contributed by atoms with Crippen molar-refractivity contribution >= 4 is 26.7 Å². The van der Waals surface area contributed by atoms with E-state index in [1.165, 1.54) is 13.2 Å². The van der Waals surface area contributed by atoms with E-state index in [4.69, 9.17) is 0 Å². The van der Waals surface area contributed by atoms with E-state index in [-0.39, 0.29) is 5.75 Å². The number of benzene rings is 2. The molecule has 0 saturated heterocycles. The van der Waals surface area contributed by atoms with E-state index in [1.54, 1.807) is 18.2 Å². The Morgan fingerprint density at radius 2 is 2.00 bits per heavy atom. The molecule has 84 valence electrons. The fraction of sp³-hybridized carbons (Fsp3) is 0.167. The Morgan fingerprint density at radius 1 is 1.25 bits per heavy atom. The normalized spacial score (nSPS) is 10.8. The number of rotatable bonds is 2. The lowest BCUT2D eigenvalue weighted by Gasteiger charge is -2.07. The predicted octanol–water partition coefficient (Wildman–Crippen LogP) is 4.02. The van der Waals surface area contributed by atoms with Gasteiger partial charge in [0.2, 0.25) is 0 Å². The summed E-state index contributed by atoms with van der Waals surface area (Å²) in [6, 6.07) is 6.44. The molecule has 0 aliphatic heterocycles. The first kappa shape index (κ1) is 11.3. The van der Waals surface area contributed by atoms with Gasteiger partial charge in [-0.2, -0.15) is 0 Å². The third kappa shape index (κ3) is 1.78. The first-order valence-corrected chi connectivity index (χ1v) is 5.80. The summed E-state index contributed by atoms with van der Waals surface area (Å²) in [6.45, 7) is 0. The van der Waals surface area contributed by atoms with E-state index in [1.807, 2.05) is 0 Å². The number of hydrogen-bond donors (Lipinski definition) is 0. The quantitative estimate of drug-likeness (QED) is 0.758. The van der Waals surface area contributed by atoms with Crippen LogP contribution in [0.1, 0.15) is 5.56 Å². The van der Waals surface area contributed by atoms with Gasteiger partial charge in [-0.05, 0) is 17.0 Å². The van der Waals surface area contributed by atoms with Crippen LogP contribution in [0.15, 0.2) is 24.3 Å². The Morgan fingerprint density at radius 3 is 2.62 bits per heavy atom. The monoisotopic (exact) mass is 286 g/mol. The molecule has 0 spiro atoms. The van der Waals surface area contributed by atoms with Gasteiger partial charge in [-0.3, -0.25) is 0 Å². The molecule has 2 rings (SSSR count). The predicted molar refractivity (Wildman–Crippen MR) is 63.0 cm³/mol. The molecule has 0 amide bonds. The molecule has 0 bridgehead atoms. The fourth-order valence-corrected chi connectivity index (χ4v) is 1.98. The highest BCUT2D eigenvalue weighted by molar-refractivity contribution is 9.08. The molecule has 2 aromatic carbocycles. The Labute approximate surface area is 100 Å². The van der Waals surface area contributed by atoms with Gasteiger partial charge in [-0.1, -0.05) is 34.1 Å². The zero-order valence-corrected chi connectivity index (χ0v) is 10.1. The summed E-state index contributed by atoms with van der Waals surface area (Å²) in [5.41, 5.74) is 0.969. The van der Waals surface area contributed by atoms with E-state index in [0.29, 0.717) is 16.1 Å². The highest BCUT2D eigenvalue weighted by Gasteiger charge is 2.14. The molecule has 4 heteroatoms. The molecule has 0 saturated carbocycles. The van der Waals surface area contributed by atoms with Gasteiger partial charge in [-0.25, -0.2) is 8.78 Å². The number of halogens is 3. The summed E-state index contributed by atoms with van der Waals surface area (Å²) >= 11 is 3.30. The van der Waals surface area contributed by atoms with Crippen LogP contribution >= 0.6 is 15.9 Å². The Balaban J connectivity index is 2.76. The molecule has 0 radical (unpaired) electrons. The summed E-state index contributed by atoms with van der Waals surface area (Å²) in [4.78, 5) is 0. The maximum absolute atomic E-state index is 13.8. The van der Waals surface area contributed by atoms with Gasteiger partial charge >= 0.3 is 0 Å². The number of ether oxygens (including phenoxy) is 1. The lowest BCUT2D eigenvalue weighted by Crippen LogP contribution is -1.94. The third-order valence-electron chi connectivity index (χ3n) is 2.41. The van der Waals surface area contributed by atoms with E-state index < -0.39 is 11.6 Å². The number of hydrogen-bond acceptors (Lipinski definition) is 1. The van der Waals surface area contributed by atoms with Gasteiger partial charge in [-0.15, -0.1) is 0 Å². The molecule has 0 N–H and O–H groups in total. The lowest BCUT2D eigenvalue weighted by atomic mass is 10.1. The fourth-order valence-electron chi connectivity index (χ4n) is 1.63. The van der Waals surface area contributed by atoms with Crippen molar-refractivity contribution in [2.24, 2.45) is 0 Å². The average Bonchev–Trinajstić information content (AvgIpc) is 2.28. The Hall–Kier alpha value is -1.16. The van der Waals surface area contributed by atoms with Crippen LogP contribution in [0.25, 0.3) is 10.8 Å². The molecule has 0 unspecified atom stereocenters. The minimum atomic E-state index is -0.681. The first-order chi connectivity index (χ1) is 7.67. The van der Waals surface area contributed by atoms with E-state index >= 15 is 0 Å². The van der Waals surface area contributed by atoms with Gasteiger partial charge in [0.1, 0.15) is 0 Å². The molecule has 1 nitrogen and oxygen atoms in total. The average molecular weight is 287 g/mol. The van der Waals surface area contributed by atoms with Crippen molar-refractivity contribution in [3.63, 3.8) is 0 Å².